The average molecular weight is 352 g/mol. The highest BCUT2D eigenvalue weighted by molar-refractivity contribution is 5.66. The molecule has 0 radical (unpaired) electrons. The van der Waals surface area contributed by atoms with E-state index in [0.717, 1.165) is 17.7 Å². The van der Waals surface area contributed by atoms with Crippen LogP contribution in [-0.4, -0.2) is 31.2 Å². The van der Waals surface area contributed by atoms with Crippen molar-refractivity contribution < 1.29 is 9.53 Å². The molecule has 2 rings (SSSR count). The van der Waals surface area contributed by atoms with Gasteiger partial charge in [0.15, 0.2) is 0 Å². The van der Waals surface area contributed by atoms with Gasteiger partial charge in [-0.25, -0.2) is 4.79 Å². The molecule has 0 heterocycles. The van der Waals surface area contributed by atoms with Crippen LogP contribution >= 0.6 is 0 Å². The van der Waals surface area contributed by atoms with Crippen LogP contribution in [0.4, 0.5) is 10.5 Å². The zero-order valence-electron chi connectivity index (χ0n) is 15.8. The van der Waals surface area contributed by atoms with Crippen LogP contribution in [0.5, 0.6) is 0 Å². The summed E-state index contributed by atoms with van der Waals surface area (Å²) in [4.78, 5) is 13.1. The second-order valence-corrected chi connectivity index (χ2v) is 6.72. The van der Waals surface area contributed by atoms with Crippen molar-refractivity contribution in [3.63, 3.8) is 0 Å². The van der Waals surface area contributed by atoms with Gasteiger partial charge in [0.1, 0.15) is 6.10 Å². The Labute approximate surface area is 156 Å². The molecule has 26 heavy (non-hydrogen) atoms. The van der Waals surface area contributed by atoms with E-state index in [1.165, 1.54) is 10.5 Å². The van der Waals surface area contributed by atoms with Crippen LogP contribution < -0.4 is 5.32 Å². The molecule has 1 N–H and O–H groups in total. The smallest absolute Gasteiger partial charge is 0.409 e. The van der Waals surface area contributed by atoms with Crippen LogP contribution in [0.1, 0.15) is 31.4 Å². The van der Waals surface area contributed by atoms with Gasteiger partial charge in [0, 0.05) is 26.2 Å². The normalized spacial score (nSPS) is 12.7. The summed E-state index contributed by atoms with van der Waals surface area (Å²) >= 11 is 0. The molecule has 0 aromatic heterocycles. The third kappa shape index (κ3) is 6.28. The number of ether oxygens (including phenoxy) is 1. The largest absolute Gasteiger partial charge is 0.446 e. The van der Waals surface area contributed by atoms with Crippen LogP contribution in [-0.2, 0) is 4.74 Å². The van der Waals surface area contributed by atoms with E-state index in [9.17, 15) is 4.79 Å². The van der Waals surface area contributed by atoms with Crippen molar-refractivity contribution in [2.24, 2.45) is 0 Å². The number of rotatable bonds is 8. The Morgan fingerprint density at radius 3 is 2.19 bits per heavy atom. The van der Waals surface area contributed by atoms with Gasteiger partial charge in [0.05, 0.1) is 6.04 Å². The molecule has 0 saturated carbocycles. The molecule has 2 aromatic rings. The number of nitrogens with one attached hydrogen (secondary N) is 1. The number of carbonyl (C=O) groups excluding carboxylic acids is 1. The maximum atomic E-state index is 11.7. The summed E-state index contributed by atoms with van der Waals surface area (Å²) in [6, 6.07) is 20.6. The molecule has 0 aliphatic heterocycles. The van der Waals surface area contributed by atoms with Gasteiger partial charge in [-0.3, -0.25) is 0 Å². The number of amides is 1. The molecule has 4 nitrogen and oxygen atoms in total. The number of hydrogen-bond donors (Lipinski definition) is 1. The molecular formula is C22H28N2O2. The van der Waals surface area contributed by atoms with Crippen molar-refractivity contribution in [3.05, 3.63) is 78.4 Å². The second-order valence-electron chi connectivity index (χ2n) is 6.72. The van der Waals surface area contributed by atoms with Gasteiger partial charge in [0.2, 0.25) is 0 Å². The van der Waals surface area contributed by atoms with Gasteiger partial charge in [-0.05, 0) is 31.0 Å². The van der Waals surface area contributed by atoms with Crippen molar-refractivity contribution in [1.29, 1.82) is 0 Å². The van der Waals surface area contributed by atoms with E-state index < -0.39 is 0 Å². The summed E-state index contributed by atoms with van der Waals surface area (Å²) in [6.07, 6.45) is 0.875. The molecule has 0 saturated heterocycles. The van der Waals surface area contributed by atoms with Crippen molar-refractivity contribution in [3.8, 4) is 0 Å². The molecule has 4 heteroatoms. The van der Waals surface area contributed by atoms with E-state index in [0.29, 0.717) is 6.42 Å². The lowest BCUT2D eigenvalue weighted by molar-refractivity contribution is 0.0825. The molecular weight excluding hydrogens is 324 g/mol. The Hall–Kier alpha value is -2.75. The van der Waals surface area contributed by atoms with Gasteiger partial charge >= 0.3 is 6.09 Å². The first-order chi connectivity index (χ1) is 12.5. The van der Waals surface area contributed by atoms with Gasteiger partial charge < -0.3 is 15.0 Å². The van der Waals surface area contributed by atoms with E-state index in [1.54, 1.807) is 14.1 Å². The number of nitrogens with zero attached hydrogens (tertiary/aromatic N) is 1. The predicted octanol–water partition coefficient (Wildman–Crippen LogP) is 5.26. The Kier molecular flexibility index (Phi) is 7.27. The fraction of sp³-hybridized carbons (Fsp3) is 0.318. The first-order valence-corrected chi connectivity index (χ1v) is 8.87. The Morgan fingerprint density at radius 1 is 1.04 bits per heavy atom. The first kappa shape index (κ1) is 19.6. The van der Waals surface area contributed by atoms with E-state index in [-0.39, 0.29) is 18.2 Å². The number of benzene rings is 2. The highest BCUT2D eigenvalue weighted by Crippen LogP contribution is 2.27. The number of anilines is 1. The molecule has 1 amide bonds. The Morgan fingerprint density at radius 2 is 1.62 bits per heavy atom. The van der Waals surface area contributed by atoms with Crippen molar-refractivity contribution in [2.45, 2.75) is 31.9 Å². The second kappa shape index (κ2) is 9.66. The maximum Gasteiger partial charge on any atom is 0.409 e. The molecule has 0 unspecified atom stereocenters. The van der Waals surface area contributed by atoms with Crippen LogP contribution in [0.3, 0.4) is 0 Å². The lowest BCUT2D eigenvalue weighted by atomic mass is 9.96. The molecule has 0 fully saturated rings. The summed E-state index contributed by atoms with van der Waals surface area (Å²) < 4.78 is 5.39. The van der Waals surface area contributed by atoms with Crippen LogP contribution in [0, 0.1) is 0 Å². The summed E-state index contributed by atoms with van der Waals surface area (Å²) in [5, 5.41) is 3.58. The average Bonchev–Trinajstić information content (AvgIpc) is 2.62. The summed E-state index contributed by atoms with van der Waals surface area (Å²) in [7, 11) is 3.36. The minimum Gasteiger partial charge on any atom is -0.446 e. The lowest BCUT2D eigenvalue weighted by Crippen LogP contribution is -2.27. The third-order valence-electron chi connectivity index (χ3n) is 4.05. The fourth-order valence-electron chi connectivity index (χ4n) is 2.77. The SMILES string of the molecule is C=C(C[C@H](Nc1ccccc1)c1ccccc1)C[C@H](C)OC(=O)N(C)C. The zero-order chi connectivity index (χ0) is 18.9. The molecule has 0 bridgehead atoms. The lowest BCUT2D eigenvalue weighted by Gasteiger charge is -2.23. The molecule has 138 valence electrons. The highest BCUT2D eigenvalue weighted by atomic mass is 16.6. The van der Waals surface area contributed by atoms with E-state index in [4.69, 9.17) is 4.74 Å². The molecule has 2 aromatic carbocycles. The minimum atomic E-state index is -0.327. The standard InChI is InChI=1S/C22H28N2O2/c1-17(15-18(2)26-22(25)24(3)4)16-21(19-11-7-5-8-12-19)23-20-13-9-6-10-14-20/h5-14,18,21,23H,1,15-16H2,2-4H3/t18-,21-/m0/s1. The molecule has 2 atom stereocenters. The minimum absolute atomic E-state index is 0.114. The first-order valence-electron chi connectivity index (χ1n) is 8.87. The monoisotopic (exact) mass is 352 g/mol. The topological polar surface area (TPSA) is 41.6 Å². The zero-order valence-corrected chi connectivity index (χ0v) is 15.8. The van der Waals surface area contributed by atoms with Crippen molar-refractivity contribution >= 4 is 11.8 Å². The van der Waals surface area contributed by atoms with Gasteiger partial charge in [-0.15, -0.1) is 0 Å². The van der Waals surface area contributed by atoms with Crippen molar-refractivity contribution in [1.82, 2.24) is 4.90 Å². The third-order valence-corrected chi connectivity index (χ3v) is 4.05. The van der Waals surface area contributed by atoms with Crippen molar-refractivity contribution in [2.75, 3.05) is 19.4 Å². The predicted molar refractivity (Wildman–Crippen MR) is 107 cm³/mol. The number of hydrogen-bond acceptors (Lipinski definition) is 3. The van der Waals surface area contributed by atoms with Gasteiger partial charge in [-0.1, -0.05) is 60.7 Å². The summed E-state index contributed by atoms with van der Waals surface area (Å²) in [5.41, 5.74) is 3.32. The van der Waals surface area contributed by atoms with Crippen LogP contribution in [0.2, 0.25) is 0 Å². The maximum absolute atomic E-state index is 11.7. The van der Waals surface area contributed by atoms with Gasteiger partial charge in [-0.2, -0.15) is 0 Å². The summed E-state index contributed by atoms with van der Waals surface area (Å²) in [5.74, 6) is 0. The fourth-order valence-corrected chi connectivity index (χ4v) is 2.77. The van der Waals surface area contributed by atoms with Crippen LogP contribution in [0.25, 0.3) is 0 Å². The summed E-state index contributed by atoms with van der Waals surface area (Å²) in [6.45, 7) is 6.11. The van der Waals surface area contributed by atoms with E-state index in [1.807, 2.05) is 43.3 Å². The molecule has 0 aliphatic rings. The van der Waals surface area contributed by atoms with Gasteiger partial charge in [0.25, 0.3) is 0 Å². The molecule has 0 spiro atoms. The highest BCUT2D eigenvalue weighted by Gasteiger charge is 2.17. The molecule has 0 aliphatic carbocycles. The Balaban J connectivity index is 2.02. The Bertz CT molecular complexity index is 699. The van der Waals surface area contributed by atoms with E-state index in [2.05, 4.69) is 36.2 Å². The van der Waals surface area contributed by atoms with Crippen LogP contribution in [0.15, 0.2) is 72.8 Å². The number of carbonyl (C=O) groups is 1. The quantitative estimate of drug-likeness (QED) is 0.659. The number of para-hydroxylation sites is 1. The van der Waals surface area contributed by atoms with E-state index >= 15 is 0 Å².